The highest BCUT2D eigenvalue weighted by Gasteiger charge is 2.12. The van der Waals surface area contributed by atoms with E-state index in [1.807, 2.05) is 0 Å². The summed E-state index contributed by atoms with van der Waals surface area (Å²) in [5, 5.41) is 7.58. The van der Waals surface area contributed by atoms with Crippen LogP contribution in [0.1, 0.15) is 21.8 Å². The third-order valence-corrected chi connectivity index (χ3v) is 6.05. The summed E-state index contributed by atoms with van der Waals surface area (Å²) >= 11 is 1.55. The number of fused-ring (bicyclic) bond motifs is 1. The largest absolute Gasteiger partial charge is 0.496 e. The molecule has 2 N–H and O–H groups in total. The molecule has 0 unspecified atom stereocenters. The molecule has 0 aliphatic heterocycles. The fourth-order valence-electron chi connectivity index (χ4n) is 3.35. The first-order valence-corrected chi connectivity index (χ1v) is 11.2. The molecular formula is C23H25FN6OS. The minimum absolute atomic E-state index is 0.232. The smallest absolute Gasteiger partial charge is 0.157 e. The molecule has 1 aromatic carbocycles. The summed E-state index contributed by atoms with van der Waals surface area (Å²) < 4.78 is 19.3. The van der Waals surface area contributed by atoms with Gasteiger partial charge in [0.15, 0.2) is 5.82 Å². The number of nitrogens with zero attached hydrogens (tertiary/aromatic N) is 4. The van der Waals surface area contributed by atoms with E-state index in [-0.39, 0.29) is 12.4 Å². The number of anilines is 1. The first kappa shape index (κ1) is 22.0. The highest BCUT2D eigenvalue weighted by Crippen LogP contribution is 2.25. The Bertz CT molecular complexity index is 1200. The first-order chi connectivity index (χ1) is 15.6. The van der Waals surface area contributed by atoms with Gasteiger partial charge in [0.2, 0.25) is 0 Å². The lowest BCUT2D eigenvalue weighted by atomic mass is 10.1. The third kappa shape index (κ3) is 5.35. The highest BCUT2D eigenvalue weighted by molar-refractivity contribution is 7.18. The molecule has 0 fully saturated rings. The van der Waals surface area contributed by atoms with Crippen LogP contribution in [-0.2, 0) is 19.4 Å². The molecule has 0 aliphatic carbocycles. The number of pyridine rings is 1. The Balaban J connectivity index is 1.31. The standard InChI is InChI=1S/C23H25FN6OS/c1-15-5-6-16(19(12-15)31-2)7-10-25-11-8-20-30-21-22(28-14-29-23(21)32-20)27-13-18-17(24)4-3-9-26-18/h3-6,9,12,14,25H,7-8,10-11,13H2,1-2H3,(H,27,28,29). The van der Waals surface area contributed by atoms with E-state index in [1.54, 1.807) is 30.7 Å². The van der Waals surface area contributed by atoms with Gasteiger partial charge in [-0.2, -0.15) is 0 Å². The fourth-order valence-corrected chi connectivity index (χ4v) is 4.25. The first-order valence-electron chi connectivity index (χ1n) is 10.4. The Morgan fingerprint density at radius 2 is 1.97 bits per heavy atom. The van der Waals surface area contributed by atoms with Gasteiger partial charge in [0, 0.05) is 19.2 Å². The van der Waals surface area contributed by atoms with Crippen molar-refractivity contribution < 1.29 is 9.13 Å². The van der Waals surface area contributed by atoms with Crippen molar-refractivity contribution in [1.29, 1.82) is 0 Å². The number of halogens is 1. The predicted molar refractivity (Wildman–Crippen MR) is 125 cm³/mol. The van der Waals surface area contributed by atoms with E-state index in [9.17, 15) is 4.39 Å². The Morgan fingerprint density at radius 1 is 1.09 bits per heavy atom. The minimum Gasteiger partial charge on any atom is -0.496 e. The average Bonchev–Trinajstić information content (AvgIpc) is 3.22. The topological polar surface area (TPSA) is 84.9 Å². The Hall–Kier alpha value is -3.17. The molecule has 0 bridgehead atoms. The monoisotopic (exact) mass is 452 g/mol. The van der Waals surface area contributed by atoms with E-state index in [4.69, 9.17) is 9.72 Å². The summed E-state index contributed by atoms with van der Waals surface area (Å²) in [4.78, 5) is 18.2. The van der Waals surface area contributed by atoms with Crippen LogP contribution in [0, 0.1) is 12.7 Å². The number of rotatable bonds is 10. The molecule has 7 nitrogen and oxygen atoms in total. The SMILES string of the molecule is COc1cc(C)ccc1CCNCCc1nc2c(NCc3ncccc3F)ncnc2s1. The maximum Gasteiger partial charge on any atom is 0.157 e. The van der Waals surface area contributed by atoms with Gasteiger partial charge in [0.1, 0.15) is 28.2 Å². The zero-order valence-corrected chi connectivity index (χ0v) is 18.9. The van der Waals surface area contributed by atoms with E-state index in [0.717, 1.165) is 41.5 Å². The molecule has 0 aliphatic rings. The van der Waals surface area contributed by atoms with Crippen LogP contribution >= 0.6 is 11.3 Å². The lowest BCUT2D eigenvalue weighted by molar-refractivity contribution is 0.409. The van der Waals surface area contributed by atoms with Crippen molar-refractivity contribution in [3.63, 3.8) is 0 Å². The number of aromatic nitrogens is 4. The Kier molecular flexibility index (Phi) is 7.18. The van der Waals surface area contributed by atoms with Crippen LogP contribution in [-0.4, -0.2) is 40.1 Å². The van der Waals surface area contributed by atoms with Gasteiger partial charge in [-0.15, -0.1) is 0 Å². The van der Waals surface area contributed by atoms with E-state index >= 15 is 0 Å². The van der Waals surface area contributed by atoms with Crippen LogP contribution in [0.4, 0.5) is 10.2 Å². The quantitative estimate of drug-likeness (QED) is 0.353. The molecule has 0 atom stereocenters. The summed E-state index contributed by atoms with van der Waals surface area (Å²) in [5.41, 5.74) is 3.43. The van der Waals surface area contributed by atoms with Gasteiger partial charge in [0.05, 0.1) is 24.4 Å². The second-order valence-corrected chi connectivity index (χ2v) is 8.40. The number of benzene rings is 1. The van der Waals surface area contributed by atoms with Crippen LogP contribution in [0.2, 0.25) is 0 Å². The maximum atomic E-state index is 13.8. The van der Waals surface area contributed by atoms with Gasteiger partial charge >= 0.3 is 0 Å². The number of hydrogen-bond acceptors (Lipinski definition) is 8. The number of aryl methyl sites for hydroxylation is 1. The van der Waals surface area contributed by atoms with Gasteiger partial charge in [-0.05, 0) is 49.2 Å². The van der Waals surface area contributed by atoms with Crippen molar-refractivity contribution in [2.24, 2.45) is 0 Å². The van der Waals surface area contributed by atoms with Crippen LogP contribution in [0.25, 0.3) is 10.3 Å². The van der Waals surface area contributed by atoms with E-state index in [1.165, 1.54) is 23.5 Å². The lowest BCUT2D eigenvalue weighted by Gasteiger charge is -2.10. The van der Waals surface area contributed by atoms with Gasteiger partial charge in [-0.25, -0.2) is 19.3 Å². The minimum atomic E-state index is -0.349. The zero-order valence-electron chi connectivity index (χ0n) is 18.1. The molecule has 4 rings (SSSR count). The van der Waals surface area contributed by atoms with Crippen LogP contribution in [0.15, 0.2) is 42.9 Å². The Labute approximate surface area is 190 Å². The van der Waals surface area contributed by atoms with E-state index < -0.39 is 0 Å². The molecule has 9 heteroatoms. The lowest BCUT2D eigenvalue weighted by Crippen LogP contribution is -2.20. The Morgan fingerprint density at radius 3 is 2.81 bits per heavy atom. The van der Waals surface area contributed by atoms with Gasteiger partial charge in [-0.1, -0.05) is 23.5 Å². The summed E-state index contributed by atoms with van der Waals surface area (Å²) in [6.45, 7) is 3.95. The van der Waals surface area contributed by atoms with Gasteiger partial charge < -0.3 is 15.4 Å². The molecule has 0 amide bonds. The third-order valence-electron chi connectivity index (χ3n) is 5.03. The number of ether oxygens (including phenoxy) is 1. The summed E-state index contributed by atoms with van der Waals surface area (Å²) in [6.07, 6.45) is 4.75. The molecule has 32 heavy (non-hydrogen) atoms. The molecule has 0 spiro atoms. The summed E-state index contributed by atoms with van der Waals surface area (Å²) in [5.74, 6) is 1.17. The normalized spacial score (nSPS) is 11.1. The highest BCUT2D eigenvalue weighted by atomic mass is 32.1. The molecule has 0 saturated carbocycles. The van der Waals surface area contributed by atoms with E-state index in [2.05, 4.69) is 50.7 Å². The molecule has 3 heterocycles. The van der Waals surface area contributed by atoms with E-state index in [0.29, 0.717) is 17.0 Å². The van der Waals surface area contributed by atoms with Crippen LogP contribution in [0.3, 0.4) is 0 Å². The summed E-state index contributed by atoms with van der Waals surface area (Å²) in [6, 6.07) is 9.24. The van der Waals surface area contributed by atoms with Crippen molar-refractivity contribution in [3.8, 4) is 5.75 Å². The number of methoxy groups -OCH3 is 1. The molecule has 0 radical (unpaired) electrons. The van der Waals surface area contributed by atoms with Crippen molar-refractivity contribution in [2.45, 2.75) is 26.3 Å². The van der Waals surface area contributed by atoms with Crippen molar-refractivity contribution in [1.82, 2.24) is 25.3 Å². The number of thiazole rings is 1. The molecule has 3 aromatic heterocycles. The average molecular weight is 453 g/mol. The fraction of sp³-hybridized carbons (Fsp3) is 0.304. The second kappa shape index (κ2) is 10.4. The molecule has 4 aromatic rings. The second-order valence-electron chi connectivity index (χ2n) is 7.33. The molecule has 166 valence electrons. The molecule has 0 saturated heterocycles. The predicted octanol–water partition coefficient (Wildman–Crippen LogP) is 3.92. The number of nitrogens with one attached hydrogen (secondary N) is 2. The van der Waals surface area contributed by atoms with Crippen LogP contribution in [0.5, 0.6) is 5.75 Å². The van der Waals surface area contributed by atoms with Gasteiger partial charge in [0.25, 0.3) is 0 Å². The van der Waals surface area contributed by atoms with Crippen molar-refractivity contribution >= 4 is 27.5 Å². The maximum absolute atomic E-state index is 13.8. The zero-order chi connectivity index (χ0) is 22.3. The number of hydrogen-bond donors (Lipinski definition) is 2. The van der Waals surface area contributed by atoms with Crippen molar-refractivity contribution in [2.75, 3.05) is 25.5 Å². The summed E-state index contributed by atoms with van der Waals surface area (Å²) in [7, 11) is 1.71. The molecular weight excluding hydrogens is 427 g/mol. The van der Waals surface area contributed by atoms with Crippen LogP contribution < -0.4 is 15.4 Å². The van der Waals surface area contributed by atoms with Gasteiger partial charge in [-0.3, -0.25) is 4.98 Å². The van der Waals surface area contributed by atoms with Crippen molar-refractivity contribution in [3.05, 3.63) is 70.5 Å².